The van der Waals surface area contributed by atoms with E-state index in [1.165, 1.54) is 62.5 Å². The zero-order valence-corrected chi connectivity index (χ0v) is 19.0. The second-order valence-corrected chi connectivity index (χ2v) is 10.8. The van der Waals surface area contributed by atoms with Gasteiger partial charge in [0, 0.05) is 0 Å². The molecule has 3 aliphatic rings. The monoisotopic (exact) mass is 384 g/mol. The quantitative estimate of drug-likeness (QED) is 0.499. The molecule has 28 heavy (non-hydrogen) atoms. The Balaban J connectivity index is 1.70. The molecule has 0 aromatic heterocycles. The Kier molecular flexibility index (Phi) is 7.29. The van der Waals surface area contributed by atoms with Gasteiger partial charge in [0.1, 0.15) is 0 Å². The van der Waals surface area contributed by atoms with Crippen LogP contribution >= 0.6 is 0 Å². The molecule has 0 aliphatic heterocycles. The molecular weight excluding hydrogens is 340 g/mol. The molecule has 0 aromatic rings. The largest absolute Gasteiger partial charge is 0.393 e. The molecule has 0 saturated heterocycles. The number of hydrogen-bond acceptors (Lipinski definition) is 1. The molecule has 3 saturated carbocycles. The van der Waals surface area contributed by atoms with E-state index in [4.69, 9.17) is 0 Å². The fourth-order valence-electron chi connectivity index (χ4n) is 6.66. The molecule has 2 unspecified atom stereocenters. The third-order valence-corrected chi connectivity index (χ3v) is 8.35. The van der Waals surface area contributed by atoms with Crippen molar-refractivity contribution in [2.24, 2.45) is 29.1 Å². The topological polar surface area (TPSA) is 20.2 Å². The van der Waals surface area contributed by atoms with Gasteiger partial charge in [0.2, 0.25) is 0 Å². The van der Waals surface area contributed by atoms with Crippen LogP contribution in [-0.4, -0.2) is 11.2 Å². The number of aliphatic hydroxyl groups is 1. The van der Waals surface area contributed by atoms with E-state index in [0.29, 0.717) is 5.41 Å². The van der Waals surface area contributed by atoms with Crippen molar-refractivity contribution < 1.29 is 5.11 Å². The van der Waals surface area contributed by atoms with Crippen molar-refractivity contribution >= 4 is 0 Å². The maximum Gasteiger partial charge on any atom is 0.0583 e. The first-order valence-corrected chi connectivity index (χ1v) is 12.1. The van der Waals surface area contributed by atoms with Crippen LogP contribution in [0.5, 0.6) is 0 Å². The lowest BCUT2D eigenvalue weighted by molar-refractivity contribution is 0.0929. The van der Waals surface area contributed by atoms with Gasteiger partial charge in [0.15, 0.2) is 0 Å². The lowest BCUT2D eigenvalue weighted by Crippen LogP contribution is -2.36. The fraction of sp³-hybridized carbons (Fsp3) is 0.778. The van der Waals surface area contributed by atoms with E-state index < -0.39 is 0 Å². The minimum Gasteiger partial charge on any atom is -0.393 e. The van der Waals surface area contributed by atoms with Crippen molar-refractivity contribution in [3.8, 4) is 0 Å². The van der Waals surface area contributed by atoms with E-state index in [1.807, 2.05) is 0 Å². The van der Waals surface area contributed by atoms with Crippen LogP contribution in [0.2, 0.25) is 0 Å². The van der Waals surface area contributed by atoms with Crippen LogP contribution in [0.25, 0.3) is 0 Å². The lowest BCUT2D eigenvalue weighted by atomic mass is 9.60. The van der Waals surface area contributed by atoms with Crippen LogP contribution in [0.1, 0.15) is 98.3 Å². The first-order valence-electron chi connectivity index (χ1n) is 12.1. The second kappa shape index (κ2) is 9.33. The Hall–Kier alpha value is -0.820. The number of hydrogen-bond donors (Lipinski definition) is 1. The average molecular weight is 385 g/mol. The molecule has 158 valence electrons. The number of fused-ring (bicyclic) bond motifs is 1. The smallest absolute Gasteiger partial charge is 0.0583 e. The van der Waals surface area contributed by atoms with Crippen LogP contribution in [0, 0.1) is 29.1 Å². The molecule has 3 fully saturated rings. The molecule has 1 nitrogen and oxygen atoms in total. The summed E-state index contributed by atoms with van der Waals surface area (Å²) in [4.78, 5) is 0. The van der Waals surface area contributed by atoms with Crippen LogP contribution in [0.15, 0.2) is 35.5 Å². The first kappa shape index (κ1) is 21.9. The summed E-state index contributed by atoms with van der Waals surface area (Å²) in [5, 5.41) is 10.0. The summed E-state index contributed by atoms with van der Waals surface area (Å²) in [5.74, 6) is 3.37. The van der Waals surface area contributed by atoms with Crippen molar-refractivity contribution in [2.45, 2.75) is 104 Å². The molecule has 3 rings (SSSR count). The van der Waals surface area contributed by atoms with E-state index in [9.17, 15) is 5.11 Å². The van der Waals surface area contributed by atoms with E-state index in [2.05, 4.69) is 46.4 Å². The predicted octanol–water partition coefficient (Wildman–Crippen LogP) is 7.62. The van der Waals surface area contributed by atoms with Gasteiger partial charge in [-0.05, 0) is 86.0 Å². The Morgan fingerprint density at radius 1 is 1.11 bits per heavy atom. The normalized spacial score (nSPS) is 37.6. The highest BCUT2D eigenvalue weighted by molar-refractivity contribution is 5.36. The van der Waals surface area contributed by atoms with Gasteiger partial charge in [-0.15, -0.1) is 0 Å². The summed E-state index contributed by atoms with van der Waals surface area (Å²) < 4.78 is 0. The van der Waals surface area contributed by atoms with E-state index in [0.717, 1.165) is 42.9 Å². The number of allylic oxidation sites excluding steroid dienone is 4. The Morgan fingerprint density at radius 3 is 2.64 bits per heavy atom. The molecule has 0 bridgehead atoms. The highest BCUT2D eigenvalue weighted by Crippen LogP contribution is 2.59. The third kappa shape index (κ3) is 4.84. The molecule has 1 heteroatoms. The van der Waals surface area contributed by atoms with Crippen LogP contribution in [0.3, 0.4) is 0 Å². The molecule has 1 N–H and O–H groups in total. The lowest BCUT2D eigenvalue weighted by Gasteiger charge is -2.44. The standard InChI is InChI=1S/C27H44O/c1-19(2)8-6-9-21(4)25-15-16-26-22(10-7-17-27(25,26)5)12-13-23-18-24(28)14-11-20(23)3/h12-13,19,21,24-26,28H,3,6-11,14-18H2,1-2,4-5H3/b22-12?,23-13-/t21?,24?,25-,26+,27-/m1/s1. The Bertz CT molecular complexity index is 610. The summed E-state index contributed by atoms with van der Waals surface area (Å²) in [5.41, 5.74) is 4.72. The number of aliphatic hydroxyl groups excluding tert-OH is 1. The van der Waals surface area contributed by atoms with Crippen LogP contribution in [-0.2, 0) is 0 Å². The zero-order valence-electron chi connectivity index (χ0n) is 19.0. The maximum atomic E-state index is 10.0. The van der Waals surface area contributed by atoms with Crippen molar-refractivity contribution in [3.05, 3.63) is 35.5 Å². The molecule has 0 heterocycles. The first-order chi connectivity index (χ1) is 13.3. The summed E-state index contributed by atoms with van der Waals surface area (Å²) in [7, 11) is 0. The van der Waals surface area contributed by atoms with Gasteiger partial charge in [-0.3, -0.25) is 0 Å². The summed E-state index contributed by atoms with van der Waals surface area (Å²) in [6.07, 6.45) is 18.2. The third-order valence-electron chi connectivity index (χ3n) is 8.35. The van der Waals surface area contributed by atoms with Crippen LogP contribution in [0.4, 0.5) is 0 Å². The molecule has 0 aromatic carbocycles. The predicted molar refractivity (Wildman–Crippen MR) is 121 cm³/mol. The van der Waals surface area contributed by atoms with E-state index >= 15 is 0 Å². The van der Waals surface area contributed by atoms with Crippen molar-refractivity contribution in [1.82, 2.24) is 0 Å². The molecule has 3 aliphatic carbocycles. The summed E-state index contributed by atoms with van der Waals surface area (Å²) >= 11 is 0. The van der Waals surface area contributed by atoms with E-state index in [-0.39, 0.29) is 6.10 Å². The average Bonchev–Trinajstić information content (AvgIpc) is 2.99. The summed E-state index contributed by atoms with van der Waals surface area (Å²) in [6.45, 7) is 14.1. The van der Waals surface area contributed by atoms with Gasteiger partial charge in [-0.2, -0.15) is 0 Å². The fourth-order valence-corrected chi connectivity index (χ4v) is 6.66. The molecule has 0 radical (unpaired) electrons. The van der Waals surface area contributed by atoms with Crippen molar-refractivity contribution in [3.63, 3.8) is 0 Å². The Labute approximate surface area is 174 Å². The zero-order chi connectivity index (χ0) is 20.3. The van der Waals surface area contributed by atoms with E-state index in [1.54, 1.807) is 5.57 Å². The van der Waals surface area contributed by atoms with Gasteiger partial charge < -0.3 is 5.11 Å². The van der Waals surface area contributed by atoms with Gasteiger partial charge in [-0.25, -0.2) is 0 Å². The van der Waals surface area contributed by atoms with Gasteiger partial charge in [-0.1, -0.05) is 76.8 Å². The van der Waals surface area contributed by atoms with Crippen LogP contribution < -0.4 is 0 Å². The van der Waals surface area contributed by atoms with Crippen molar-refractivity contribution in [2.75, 3.05) is 0 Å². The highest BCUT2D eigenvalue weighted by Gasteiger charge is 2.50. The molecular formula is C27H44O. The minimum atomic E-state index is -0.172. The van der Waals surface area contributed by atoms with Crippen molar-refractivity contribution in [1.29, 1.82) is 0 Å². The Morgan fingerprint density at radius 2 is 1.89 bits per heavy atom. The minimum absolute atomic E-state index is 0.172. The maximum absolute atomic E-state index is 10.0. The van der Waals surface area contributed by atoms with Gasteiger partial charge in [0.05, 0.1) is 6.10 Å². The highest BCUT2D eigenvalue weighted by atomic mass is 16.3. The summed E-state index contributed by atoms with van der Waals surface area (Å²) in [6, 6.07) is 0. The molecule has 0 spiro atoms. The molecule has 5 atom stereocenters. The number of rotatable bonds is 6. The van der Waals surface area contributed by atoms with Gasteiger partial charge in [0.25, 0.3) is 0 Å². The molecule has 0 amide bonds. The second-order valence-electron chi connectivity index (χ2n) is 10.8. The SMILES string of the molecule is C=C1CCC(O)C/C1=C/C=C1CCC[C@]2(C)[C@@H](C(C)CCCC(C)C)CC[C@@H]12. The van der Waals surface area contributed by atoms with Gasteiger partial charge >= 0.3 is 0 Å².